The zero-order valence-electron chi connectivity index (χ0n) is 13.6. The fourth-order valence-electron chi connectivity index (χ4n) is 2.64. The summed E-state index contributed by atoms with van der Waals surface area (Å²) >= 11 is 0. The molecule has 5 heteroatoms. The number of hydrogen-bond acceptors (Lipinski definition) is 3. The summed E-state index contributed by atoms with van der Waals surface area (Å²) in [7, 11) is 0. The number of aliphatic hydroxyl groups excluding tert-OH is 1. The average molecular weight is 298 g/mol. The molecule has 0 aromatic heterocycles. The Morgan fingerprint density at radius 2 is 1.81 bits per heavy atom. The predicted octanol–water partition coefficient (Wildman–Crippen LogP) is 2.53. The van der Waals surface area contributed by atoms with Crippen molar-refractivity contribution in [1.82, 2.24) is 10.2 Å². The number of carbonyl (C=O) groups excluding carboxylic acids is 2. The number of imide groups is 1. The van der Waals surface area contributed by atoms with Crippen LogP contribution in [0, 0.1) is 11.8 Å². The lowest BCUT2D eigenvalue weighted by Crippen LogP contribution is -2.48. The quantitative estimate of drug-likeness (QED) is 0.791. The normalized spacial score (nSPS) is 17.9. The molecule has 5 nitrogen and oxygen atoms in total. The highest BCUT2D eigenvalue weighted by Crippen LogP contribution is 2.18. The van der Waals surface area contributed by atoms with Crippen LogP contribution in [-0.2, 0) is 4.79 Å². The number of likely N-dealkylation sites (tertiary alicyclic amines) is 1. The number of nitrogens with zero attached hydrogens (tertiary/aromatic N) is 1. The first kappa shape index (κ1) is 18.0. The minimum Gasteiger partial charge on any atom is -0.393 e. The second-order valence-electron chi connectivity index (χ2n) is 6.47. The van der Waals surface area contributed by atoms with Crippen LogP contribution in [0.15, 0.2) is 0 Å². The van der Waals surface area contributed by atoms with E-state index in [1.165, 1.54) is 0 Å². The van der Waals surface area contributed by atoms with Crippen molar-refractivity contribution in [2.45, 2.75) is 65.4 Å². The van der Waals surface area contributed by atoms with E-state index in [4.69, 9.17) is 0 Å². The first-order valence-corrected chi connectivity index (χ1v) is 8.21. The third-order valence-electron chi connectivity index (χ3n) is 4.08. The molecule has 1 rings (SSSR count). The molecule has 1 atom stereocenters. The van der Waals surface area contributed by atoms with E-state index >= 15 is 0 Å². The van der Waals surface area contributed by atoms with Crippen molar-refractivity contribution in [2.75, 3.05) is 13.1 Å². The van der Waals surface area contributed by atoms with Crippen LogP contribution in [-0.4, -0.2) is 41.1 Å². The molecule has 1 saturated heterocycles. The van der Waals surface area contributed by atoms with Crippen molar-refractivity contribution in [3.8, 4) is 0 Å². The third-order valence-corrected chi connectivity index (χ3v) is 4.08. The Balaban J connectivity index is 2.45. The van der Waals surface area contributed by atoms with Crippen molar-refractivity contribution in [2.24, 2.45) is 11.8 Å². The third kappa shape index (κ3) is 6.46. The van der Waals surface area contributed by atoms with E-state index in [0.717, 1.165) is 25.7 Å². The van der Waals surface area contributed by atoms with Gasteiger partial charge >= 0.3 is 6.03 Å². The fourth-order valence-corrected chi connectivity index (χ4v) is 2.64. The van der Waals surface area contributed by atoms with E-state index in [2.05, 4.69) is 26.1 Å². The van der Waals surface area contributed by atoms with Crippen LogP contribution in [0.2, 0.25) is 0 Å². The first-order valence-electron chi connectivity index (χ1n) is 8.21. The van der Waals surface area contributed by atoms with Crippen LogP contribution in [0.5, 0.6) is 0 Å². The van der Waals surface area contributed by atoms with Gasteiger partial charge in [-0.05, 0) is 31.6 Å². The minimum absolute atomic E-state index is 0.0725. The van der Waals surface area contributed by atoms with Crippen molar-refractivity contribution in [1.29, 1.82) is 0 Å². The highest BCUT2D eigenvalue weighted by Gasteiger charge is 2.25. The van der Waals surface area contributed by atoms with E-state index < -0.39 is 0 Å². The predicted molar refractivity (Wildman–Crippen MR) is 82.8 cm³/mol. The molecular formula is C16H30N2O3. The molecular weight excluding hydrogens is 268 g/mol. The molecule has 21 heavy (non-hydrogen) atoms. The summed E-state index contributed by atoms with van der Waals surface area (Å²) in [5, 5.41) is 12.0. The topological polar surface area (TPSA) is 69.6 Å². The van der Waals surface area contributed by atoms with Crippen molar-refractivity contribution in [3.05, 3.63) is 0 Å². The Kier molecular flexibility index (Phi) is 7.72. The lowest BCUT2D eigenvalue weighted by Gasteiger charge is -2.29. The van der Waals surface area contributed by atoms with Crippen LogP contribution in [0.1, 0.15) is 59.3 Å². The van der Waals surface area contributed by atoms with Gasteiger partial charge in [0.15, 0.2) is 0 Å². The van der Waals surface area contributed by atoms with Crippen LogP contribution >= 0.6 is 0 Å². The van der Waals surface area contributed by atoms with Crippen LogP contribution in [0.25, 0.3) is 0 Å². The van der Waals surface area contributed by atoms with E-state index in [9.17, 15) is 14.7 Å². The number of urea groups is 1. The number of hydrogen-bond donors (Lipinski definition) is 2. The van der Waals surface area contributed by atoms with Crippen molar-refractivity contribution < 1.29 is 14.7 Å². The van der Waals surface area contributed by atoms with Gasteiger partial charge in [-0.1, -0.05) is 33.6 Å². The molecule has 0 unspecified atom stereocenters. The standard InChI is InChI=1S/C16H30N2O3/c1-4-5-13(7-6-12(2)3)15(20)17-16(21)18-10-8-14(19)9-11-18/h12-14,19H,4-11H2,1-3H3,(H,17,20,21)/t13-/m0/s1. The zero-order chi connectivity index (χ0) is 15.8. The highest BCUT2D eigenvalue weighted by atomic mass is 16.3. The molecule has 1 aliphatic rings. The van der Waals surface area contributed by atoms with Crippen molar-refractivity contribution in [3.63, 3.8) is 0 Å². The average Bonchev–Trinajstić information content (AvgIpc) is 2.43. The van der Waals surface area contributed by atoms with Gasteiger partial charge in [0.2, 0.25) is 5.91 Å². The van der Waals surface area contributed by atoms with Gasteiger partial charge in [-0.25, -0.2) is 4.79 Å². The largest absolute Gasteiger partial charge is 0.393 e. The van der Waals surface area contributed by atoms with Gasteiger partial charge in [0, 0.05) is 19.0 Å². The lowest BCUT2D eigenvalue weighted by atomic mass is 9.93. The Bertz CT molecular complexity index is 336. The fraction of sp³-hybridized carbons (Fsp3) is 0.875. The van der Waals surface area contributed by atoms with Gasteiger partial charge in [0.05, 0.1) is 6.10 Å². The zero-order valence-corrected chi connectivity index (χ0v) is 13.6. The molecule has 0 aromatic carbocycles. The molecule has 1 fully saturated rings. The number of amides is 3. The number of aliphatic hydroxyl groups is 1. The van der Waals surface area contributed by atoms with E-state index in [0.29, 0.717) is 31.8 Å². The summed E-state index contributed by atoms with van der Waals surface area (Å²) in [6, 6.07) is -0.308. The first-order chi connectivity index (χ1) is 9.93. The van der Waals surface area contributed by atoms with E-state index in [1.807, 2.05) is 0 Å². The Labute approximate surface area is 128 Å². The Morgan fingerprint density at radius 1 is 1.19 bits per heavy atom. The summed E-state index contributed by atoms with van der Waals surface area (Å²) in [4.78, 5) is 26.0. The molecule has 0 aliphatic carbocycles. The second kappa shape index (κ2) is 9.03. The molecule has 0 bridgehead atoms. The maximum absolute atomic E-state index is 12.3. The molecule has 0 saturated carbocycles. The van der Waals surface area contributed by atoms with E-state index in [-0.39, 0.29) is 24.0 Å². The molecule has 122 valence electrons. The molecule has 0 aromatic rings. The maximum atomic E-state index is 12.3. The summed E-state index contributed by atoms with van der Waals surface area (Å²) in [6.07, 6.45) is 4.47. The van der Waals surface area contributed by atoms with Crippen LogP contribution in [0.4, 0.5) is 4.79 Å². The van der Waals surface area contributed by atoms with Gasteiger partial charge < -0.3 is 10.0 Å². The molecule has 1 aliphatic heterocycles. The summed E-state index contributed by atoms with van der Waals surface area (Å²) in [5.74, 6) is 0.349. The summed E-state index contributed by atoms with van der Waals surface area (Å²) in [5.41, 5.74) is 0. The smallest absolute Gasteiger partial charge is 0.324 e. The summed E-state index contributed by atoms with van der Waals surface area (Å²) < 4.78 is 0. The highest BCUT2D eigenvalue weighted by molar-refractivity contribution is 5.95. The van der Waals surface area contributed by atoms with Gasteiger partial charge in [-0.2, -0.15) is 0 Å². The molecule has 0 radical (unpaired) electrons. The lowest BCUT2D eigenvalue weighted by molar-refractivity contribution is -0.124. The van der Waals surface area contributed by atoms with Crippen LogP contribution < -0.4 is 5.32 Å². The number of rotatable bonds is 6. The molecule has 3 amide bonds. The molecule has 1 heterocycles. The van der Waals surface area contributed by atoms with Gasteiger partial charge in [-0.3, -0.25) is 10.1 Å². The van der Waals surface area contributed by atoms with Gasteiger partial charge in [0.25, 0.3) is 0 Å². The number of carbonyl (C=O) groups is 2. The minimum atomic E-state index is -0.316. The SMILES string of the molecule is CCC[C@@H](CCC(C)C)C(=O)NC(=O)N1CCC(O)CC1. The Hall–Kier alpha value is -1.10. The monoisotopic (exact) mass is 298 g/mol. The van der Waals surface area contributed by atoms with Crippen molar-refractivity contribution >= 4 is 11.9 Å². The maximum Gasteiger partial charge on any atom is 0.324 e. The molecule has 2 N–H and O–H groups in total. The Morgan fingerprint density at radius 3 is 2.33 bits per heavy atom. The number of piperidine rings is 1. The summed E-state index contributed by atoms with van der Waals surface area (Å²) in [6.45, 7) is 7.38. The van der Waals surface area contributed by atoms with Gasteiger partial charge in [-0.15, -0.1) is 0 Å². The second-order valence-corrected chi connectivity index (χ2v) is 6.47. The van der Waals surface area contributed by atoms with Gasteiger partial charge in [0.1, 0.15) is 0 Å². The number of nitrogens with one attached hydrogen (secondary N) is 1. The molecule has 0 spiro atoms. The van der Waals surface area contributed by atoms with Crippen LogP contribution in [0.3, 0.4) is 0 Å². The van der Waals surface area contributed by atoms with E-state index in [1.54, 1.807) is 4.90 Å².